The SMILES string of the molecule is CCCNCC(C)S(=O)(=O)Nc1cc(C)c(Cl)cc1OC. The molecule has 0 aliphatic rings. The van der Waals surface area contributed by atoms with Crippen molar-refractivity contribution in [2.75, 3.05) is 24.9 Å². The Hall–Kier alpha value is -0.980. The molecule has 2 N–H and O–H groups in total. The number of hydrogen-bond acceptors (Lipinski definition) is 4. The Kier molecular flexibility index (Phi) is 6.77. The van der Waals surface area contributed by atoms with Crippen LogP contribution in [-0.4, -0.2) is 33.9 Å². The largest absolute Gasteiger partial charge is 0.495 e. The summed E-state index contributed by atoms with van der Waals surface area (Å²) in [6, 6.07) is 3.28. The molecule has 0 saturated carbocycles. The average molecular weight is 335 g/mol. The molecule has 0 bridgehead atoms. The summed E-state index contributed by atoms with van der Waals surface area (Å²) in [5.74, 6) is 0.405. The van der Waals surface area contributed by atoms with Crippen LogP contribution in [-0.2, 0) is 10.0 Å². The first-order chi connectivity index (χ1) is 9.81. The fourth-order valence-electron chi connectivity index (χ4n) is 1.76. The third-order valence-corrected chi connectivity index (χ3v) is 5.26. The maximum Gasteiger partial charge on any atom is 0.236 e. The molecule has 0 heterocycles. The Morgan fingerprint density at radius 2 is 2.05 bits per heavy atom. The molecule has 7 heteroatoms. The number of methoxy groups -OCH3 is 1. The second-order valence-electron chi connectivity index (χ2n) is 4.96. The molecule has 5 nitrogen and oxygen atoms in total. The number of aryl methyl sites for hydroxylation is 1. The van der Waals surface area contributed by atoms with E-state index in [0.29, 0.717) is 23.0 Å². The van der Waals surface area contributed by atoms with Crippen LogP contribution in [0.15, 0.2) is 12.1 Å². The van der Waals surface area contributed by atoms with Crippen molar-refractivity contribution in [1.29, 1.82) is 0 Å². The molecule has 1 aromatic carbocycles. The highest BCUT2D eigenvalue weighted by Crippen LogP contribution is 2.31. The summed E-state index contributed by atoms with van der Waals surface area (Å²) in [4.78, 5) is 0. The van der Waals surface area contributed by atoms with Gasteiger partial charge in [0.1, 0.15) is 5.75 Å². The van der Waals surface area contributed by atoms with E-state index in [1.54, 1.807) is 19.1 Å². The second kappa shape index (κ2) is 7.87. The molecular formula is C14H23ClN2O3S. The summed E-state index contributed by atoms with van der Waals surface area (Å²) in [7, 11) is -2.01. The molecule has 1 atom stereocenters. The lowest BCUT2D eigenvalue weighted by molar-refractivity contribution is 0.417. The smallest absolute Gasteiger partial charge is 0.236 e. The highest BCUT2D eigenvalue weighted by Gasteiger charge is 2.22. The molecule has 0 amide bonds. The van der Waals surface area contributed by atoms with Crippen molar-refractivity contribution in [2.24, 2.45) is 0 Å². The first kappa shape index (κ1) is 18.1. The van der Waals surface area contributed by atoms with E-state index in [2.05, 4.69) is 10.0 Å². The molecule has 1 unspecified atom stereocenters. The summed E-state index contributed by atoms with van der Waals surface area (Å²) in [5.41, 5.74) is 1.19. The molecule has 0 saturated heterocycles. The van der Waals surface area contributed by atoms with Crippen LogP contribution < -0.4 is 14.8 Å². The van der Waals surface area contributed by atoms with Gasteiger partial charge in [-0.25, -0.2) is 8.42 Å². The highest BCUT2D eigenvalue weighted by atomic mass is 35.5. The number of anilines is 1. The minimum Gasteiger partial charge on any atom is -0.495 e. The quantitative estimate of drug-likeness (QED) is 0.717. The third kappa shape index (κ3) is 5.05. The number of sulfonamides is 1. The Labute approximate surface area is 132 Å². The molecule has 0 aliphatic heterocycles. The summed E-state index contributed by atoms with van der Waals surface area (Å²) >= 11 is 6.02. The Balaban J connectivity index is 2.91. The molecule has 0 fully saturated rings. The lowest BCUT2D eigenvalue weighted by atomic mass is 10.2. The summed E-state index contributed by atoms with van der Waals surface area (Å²) in [5, 5.41) is 3.09. The van der Waals surface area contributed by atoms with E-state index in [1.807, 2.05) is 13.8 Å². The maximum atomic E-state index is 12.3. The zero-order valence-electron chi connectivity index (χ0n) is 12.9. The van der Waals surface area contributed by atoms with E-state index in [4.69, 9.17) is 16.3 Å². The van der Waals surface area contributed by atoms with Crippen LogP contribution in [0.3, 0.4) is 0 Å². The standard InChI is InChI=1S/C14H23ClN2O3S/c1-5-6-16-9-11(3)21(18,19)17-13-7-10(2)12(15)8-14(13)20-4/h7-8,11,16-17H,5-6,9H2,1-4H3. The number of rotatable bonds is 8. The van der Waals surface area contributed by atoms with Crippen molar-refractivity contribution >= 4 is 27.3 Å². The second-order valence-corrected chi connectivity index (χ2v) is 7.47. The van der Waals surface area contributed by atoms with Gasteiger partial charge in [0.2, 0.25) is 10.0 Å². The van der Waals surface area contributed by atoms with Crippen LogP contribution in [0.25, 0.3) is 0 Å². The van der Waals surface area contributed by atoms with Crippen LogP contribution in [0.5, 0.6) is 5.75 Å². The molecule has 0 spiro atoms. The average Bonchev–Trinajstić information content (AvgIpc) is 2.42. The minimum atomic E-state index is -3.49. The summed E-state index contributed by atoms with van der Waals surface area (Å²) < 4.78 is 32.4. The lowest BCUT2D eigenvalue weighted by Crippen LogP contribution is -2.35. The topological polar surface area (TPSA) is 67.4 Å². The number of halogens is 1. The maximum absolute atomic E-state index is 12.3. The molecule has 120 valence electrons. The molecular weight excluding hydrogens is 312 g/mol. The molecule has 0 aliphatic carbocycles. The van der Waals surface area contributed by atoms with Crippen LogP contribution in [0.2, 0.25) is 5.02 Å². The van der Waals surface area contributed by atoms with Crippen molar-refractivity contribution in [3.63, 3.8) is 0 Å². The van der Waals surface area contributed by atoms with E-state index < -0.39 is 15.3 Å². The number of nitrogens with one attached hydrogen (secondary N) is 2. The fraction of sp³-hybridized carbons (Fsp3) is 0.571. The van der Waals surface area contributed by atoms with Gasteiger partial charge in [-0.3, -0.25) is 4.72 Å². The van der Waals surface area contributed by atoms with Gasteiger partial charge in [0.25, 0.3) is 0 Å². The zero-order chi connectivity index (χ0) is 16.0. The number of benzene rings is 1. The van der Waals surface area contributed by atoms with Gasteiger partial charge in [0, 0.05) is 17.6 Å². The monoisotopic (exact) mass is 334 g/mol. The van der Waals surface area contributed by atoms with Gasteiger partial charge in [-0.2, -0.15) is 0 Å². The van der Waals surface area contributed by atoms with Crippen LogP contribution in [0.4, 0.5) is 5.69 Å². The van der Waals surface area contributed by atoms with Crippen LogP contribution >= 0.6 is 11.6 Å². The normalized spacial score (nSPS) is 13.0. The molecule has 0 radical (unpaired) electrons. The summed E-state index contributed by atoms with van der Waals surface area (Å²) in [6.07, 6.45) is 0.963. The van der Waals surface area contributed by atoms with Gasteiger partial charge in [0.05, 0.1) is 18.0 Å². The minimum absolute atomic E-state index is 0.401. The number of ether oxygens (including phenoxy) is 1. The van der Waals surface area contributed by atoms with Crippen LogP contribution in [0, 0.1) is 6.92 Å². The number of hydrogen-bond donors (Lipinski definition) is 2. The third-order valence-electron chi connectivity index (χ3n) is 3.12. The lowest BCUT2D eigenvalue weighted by Gasteiger charge is -2.17. The highest BCUT2D eigenvalue weighted by molar-refractivity contribution is 7.93. The molecule has 21 heavy (non-hydrogen) atoms. The van der Waals surface area contributed by atoms with E-state index in [-0.39, 0.29) is 0 Å². The first-order valence-corrected chi connectivity index (χ1v) is 8.80. The van der Waals surface area contributed by atoms with Crippen molar-refractivity contribution in [3.05, 3.63) is 22.7 Å². The predicted octanol–water partition coefficient (Wildman–Crippen LogP) is 2.79. The van der Waals surface area contributed by atoms with Crippen LogP contribution in [0.1, 0.15) is 25.8 Å². The Morgan fingerprint density at radius 1 is 1.38 bits per heavy atom. The molecule has 1 aromatic rings. The van der Waals surface area contributed by atoms with Gasteiger partial charge in [-0.05, 0) is 38.4 Å². The van der Waals surface area contributed by atoms with Crippen molar-refractivity contribution in [2.45, 2.75) is 32.4 Å². The van der Waals surface area contributed by atoms with E-state index >= 15 is 0 Å². The van der Waals surface area contributed by atoms with E-state index in [9.17, 15) is 8.42 Å². The summed E-state index contributed by atoms with van der Waals surface area (Å²) in [6.45, 7) is 6.71. The zero-order valence-corrected chi connectivity index (χ0v) is 14.4. The van der Waals surface area contributed by atoms with Gasteiger partial charge in [-0.15, -0.1) is 0 Å². The molecule has 1 rings (SSSR count). The van der Waals surface area contributed by atoms with E-state index in [0.717, 1.165) is 18.5 Å². The Bertz CT molecular complexity index is 576. The van der Waals surface area contributed by atoms with Gasteiger partial charge in [-0.1, -0.05) is 18.5 Å². The van der Waals surface area contributed by atoms with Gasteiger partial charge >= 0.3 is 0 Å². The van der Waals surface area contributed by atoms with Crippen molar-refractivity contribution in [1.82, 2.24) is 5.32 Å². The Morgan fingerprint density at radius 3 is 2.62 bits per heavy atom. The molecule has 0 aromatic heterocycles. The van der Waals surface area contributed by atoms with Crippen molar-refractivity contribution in [3.8, 4) is 5.75 Å². The predicted molar refractivity (Wildman–Crippen MR) is 87.9 cm³/mol. The first-order valence-electron chi connectivity index (χ1n) is 6.88. The van der Waals surface area contributed by atoms with Crippen molar-refractivity contribution < 1.29 is 13.2 Å². The van der Waals surface area contributed by atoms with Gasteiger partial charge in [0.15, 0.2) is 0 Å². The van der Waals surface area contributed by atoms with E-state index in [1.165, 1.54) is 7.11 Å². The fourth-order valence-corrected chi connectivity index (χ4v) is 2.92. The van der Waals surface area contributed by atoms with Gasteiger partial charge < -0.3 is 10.1 Å².